The van der Waals surface area contributed by atoms with Crippen molar-refractivity contribution in [2.75, 3.05) is 14.2 Å². The van der Waals surface area contributed by atoms with E-state index in [1.165, 1.54) is 11.8 Å². The van der Waals surface area contributed by atoms with Gasteiger partial charge in [-0.25, -0.2) is 0 Å². The Morgan fingerprint density at radius 3 is 2.54 bits per heavy atom. The monoisotopic (exact) mass is 362 g/mol. The maximum atomic E-state index is 5.88. The Bertz CT molecular complexity index is 821. The Morgan fingerprint density at radius 2 is 1.83 bits per heavy atom. The highest BCUT2D eigenvalue weighted by molar-refractivity contribution is 7.98. The number of nitrogens with zero attached hydrogens (tertiary/aromatic N) is 2. The van der Waals surface area contributed by atoms with E-state index in [0.717, 1.165) is 21.9 Å². The lowest BCUT2D eigenvalue weighted by molar-refractivity contribution is 0.393. The zero-order valence-electron chi connectivity index (χ0n) is 13.2. The summed E-state index contributed by atoms with van der Waals surface area (Å²) in [5, 5.41) is 9.39. The van der Waals surface area contributed by atoms with Gasteiger partial charge in [-0.3, -0.25) is 0 Å². The van der Waals surface area contributed by atoms with Gasteiger partial charge in [0, 0.05) is 16.8 Å². The van der Waals surface area contributed by atoms with Gasteiger partial charge in [0.2, 0.25) is 0 Å². The van der Waals surface area contributed by atoms with Crippen LogP contribution < -0.4 is 9.47 Å². The predicted molar refractivity (Wildman–Crippen MR) is 93.9 cm³/mol. The smallest absolute Gasteiger partial charge is 0.277 e. The first-order valence-corrected chi connectivity index (χ1v) is 8.49. The Morgan fingerprint density at radius 1 is 1.04 bits per heavy atom. The number of aromatic nitrogens is 2. The predicted octanol–water partition coefficient (Wildman–Crippen LogP) is 4.70. The molecule has 0 N–H and O–H groups in total. The van der Waals surface area contributed by atoms with Gasteiger partial charge in [-0.1, -0.05) is 35.5 Å². The van der Waals surface area contributed by atoms with Crippen molar-refractivity contribution in [3.63, 3.8) is 0 Å². The molecule has 0 aliphatic heterocycles. The summed E-state index contributed by atoms with van der Waals surface area (Å²) in [5.74, 6) is 2.45. The third-order valence-electron chi connectivity index (χ3n) is 3.32. The Kier molecular flexibility index (Phi) is 5.27. The molecular weight excluding hydrogens is 348 g/mol. The van der Waals surface area contributed by atoms with Crippen LogP contribution in [0.5, 0.6) is 11.5 Å². The van der Waals surface area contributed by atoms with Crippen molar-refractivity contribution in [3.05, 3.63) is 53.1 Å². The second kappa shape index (κ2) is 7.59. The molecule has 0 radical (unpaired) electrons. The topological polar surface area (TPSA) is 57.4 Å². The quantitative estimate of drug-likeness (QED) is 0.592. The lowest BCUT2D eigenvalue weighted by Gasteiger charge is -2.07. The highest BCUT2D eigenvalue weighted by atomic mass is 35.5. The maximum Gasteiger partial charge on any atom is 0.277 e. The number of hydrogen-bond donors (Lipinski definition) is 0. The first-order valence-electron chi connectivity index (χ1n) is 7.12. The van der Waals surface area contributed by atoms with E-state index in [9.17, 15) is 0 Å². The lowest BCUT2D eigenvalue weighted by Crippen LogP contribution is -1.90. The molecule has 7 heteroatoms. The van der Waals surface area contributed by atoms with Crippen molar-refractivity contribution in [3.8, 4) is 23.0 Å². The third-order valence-corrected chi connectivity index (χ3v) is 4.46. The fraction of sp³-hybridized carbons (Fsp3) is 0.176. The summed E-state index contributed by atoms with van der Waals surface area (Å²) in [6.45, 7) is 0. The van der Waals surface area contributed by atoms with Crippen LogP contribution in [0.2, 0.25) is 5.02 Å². The molecule has 1 aromatic heterocycles. The molecule has 0 fully saturated rings. The van der Waals surface area contributed by atoms with E-state index in [4.69, 9.17) is 25.5 Å². The molecular formula is C17H15ClN2O3S. The molecule has 0 aliphatic carbocycles. The van der Waals surface area contributed by atoms with Crippen LogP contribution in [-0.4, -0.2) is 24.4 Å². The molecule has 0 atom stereocenters. The number of thioether (sulfide) groups is 1. The minimum atomic E-state index is 0.410. The fourth-order valence-electron chi connectivity index (χ4n) is 2.08. The van der Waals surface area contributed by atoms with E-state index in [0.29, 0.717) is 22.6 Å². The van der Waals surface area contributed by atoms with Crippen LogP contribution in [0.25, 0.3) is 11.5 Å². The van der Waals surface area contributed by atoms with Crippen molar-refractivity contribution in [1.82, 2.24) is 10.2 Å². The van der Waals surface area contributed by atoms with Crippen LogP contribution in [0.3, 0.4) is 0 Å². The number of hydrogen-bond acceptors (Lipinski definition) is 6. The first kappa shape index (κ1) is 16.7. The molecule has 3 rings (SSSR count). The van der Waals surface area contributed by atoms with Gasteiger partial charge in [-0.05, 0) is 29.8 Å². The molecule has 24 heavy (non-hydrogen) atoms. The van der Waals surface area contributed by atoms with Crippen LogP contribution in [-0.2, 0) is 5.75 Å². The normalized spacial score (nSPS) is 10.6. The van der Waals surface area contributed by atoms with Crippen LogP contribution in [0.4, 0.5) is 0 Å². The molecule has 0 aliphatic rings. The van der Waals surface area contributed by atoms with Gasteiger partial charge in [0.25, 0.3) is 11.1 Å². The van der Waals surface area contributed by atoms with Crippen LogP contribution in [0.1, 0.15) is 5.56 Å². The SMILES string of the molecule is COc1ccc(-c2nnc(SCc3ccc(Cl)cc3)o2)c(OC)c1. The lowest BCUT2D eigenvalue weighted by atomic mass is 10.2. The highest BCUT2D eigenvalue weighted by Crippen LogP contribution is 2.34. The zero-order valence-corrected chi connectivity index (χ0v) is 14.7. The van der Waals surface area contributed by atoms with Crippen molar-refractivity contribution in [2.45, 2.75) is 11.0 Å². The number of benzene rings is 2. The molecule has 3 aromatic rings. The van der Waals surface area contributed by atoms with Crippen LogP contribution >= 0.6 is 23.4 Å². The molecule has 0 bridgehead atoms. The Labute approximate surface area is 148 Å². The molecule has 0 amide bonds. The van der Waals surface area contributed by atoms with E-state index < -0.39 is 0 Å². The van der Waals surface area contributed by atoms with Crippen molar-refractivity contribution < 1.29 is 13.9 Å². The number of methoxy groups -OCH3 is 2. The number of rotatable bonds is 6. The van der Waals surface area contributed by atoms with Gasteiger partial charge in [0.1, 0.15) is 11.5 Å². The highest BCUT2D eigenvalue weighted by Gasteiger charge is 2.14. The van der Waals surface area contributed by atoms with E-state index in [1.807, 2.05) is 36.4 Å². The van der Waals surface area contributed by atoms with Crippen molar-refractivity contribution in [2.24, 2.45) is 0 Å². The van der Waals surface area contributed by atoms with E-state index in [1.54, 1.807) is 20.3 Å². The molecule has 2 aromatic carbocycles. The summed E-state index contributed by atoms with van der Waals surface area (Å²) in [7, 11) is 3.19. The van der Waals surface area contributed by atoms with Gasteiger partial charge in [0.05, 0.1) is 19.8 Å². The molecule has 1 heterocycles. The average molecular weight is 363 g/mol. The molecule has 0 spiro atoms. The van der Waals surface area contributed by atoms with Crippen LogP contribution in [0, 0.1) is 0 Å². The fourth-order valence-corrected chi connectivity index (χ4v) is 2.92. The standard InChI is InChI=1S/C17H15ClN2O3S/c1-21-13-7-8-14(15(9-13)22-2)16-19-20-17(23-16)24-10-11-3-5-12(18)6-4-11/h3-9H,10H2,1-2H3. The third kappa shape index (κ3) is 3.83. The van der Waals surface area contributed by atoms with Gasteiger partial charge < -0.3 is 13.9 Å². The Balaban J connectivity index is 1.74. The zero-order chi connectivity index (χ0) is 16.9. The summed E-state index contributed by atoms with van der Waals surface area (Å²) < 4.78 is 16.3. The summed E-state index contributed by atoms with van der Waals surface area (Å²) >= 11 is 7.35. The van der Waals surface area contributed by atoms with E-state index in [-0.39, 0.29) is 0 Å². The first-order chi connectivity index (χ1) is 11.7. The van der Waals surface area contributed by atoms with Gasteiger partial charge in [0.15, 0.2) is 0 Å². The van der Waals surface area contributed by atoms with Gasteiger partial charge >= 0.3 is 0 Å². The molecule has 0 saturated carbocycles. The van der Waals surface area contributed by atoms with Crippen molar-refractivity contribution >= 4 is 23.4 Å². The number of ether oxygens (including phenoxy) is 2. The maximum absolute atomic E-state index is 5.88. The minimum absolute atomic E-state index is 0.410. The van der Waals surface area contributed by atoms with E-state index >= 15 is 0 Å². The van der Waals surface area contributed by atoms with E-state index in [2.05, 4.69) is 10.2 Å². The summed E-state index contributed by atoms with van der Waals surface area (Å²) in [4.78, 5) is 0. The number of halogens is 1. The second-order valence-corrected chi connectivity index (χ2v) is 6.22. The molecule has 5 nitrogen and oxygen atoms in total. The molecule has 0 unspecified atom stereocenters. The van der Waals surface area contributed by atoms with Gasteiger partial charge in [-0.15, -0.1) is 10.2 Å². The van der Waals surface area contributed by atoms with Crippen LogP contribution in [0.15, 0.2) is 52.1 Å². The average Bonchev–Trinajstić information content (AvgIpc) is 3.09. The second-order valence-electron chi connectivity index (χ2n) is 4.85. The summed E-state index contributed by atoms with van der Waals surface area (Å²) in [6.07, 6.45) is 0. The molecule has 0 saturated heterocycles. The Hall–Kier alpha value is -2.18. The summed E-state index contributed by atoms with van der Waals surface area (Å²) in [5.41, 5.74) is 1.86. The summed E-state index contributed by atoms with van der Waals surface area (Å²) in [6, 6.07) is 13.1. The van der Waals surface area contributed by atoms with Crippen molar-refractivity contribution in [1.29, 1.82) is 0 Å². The van der Waals surface area contributed by atoms with Gasteiger partial charge in [-0.2, -0.15) is 0 Å². The molecule has 124 valence electrons. The minimum Gasteiger partial charge on any atom is -0.497 e. The largest absolute Gasteiger partial charge is 0.497 e.